The van der Waals surface area contributed by atoms with Gasteiger partial charge in [-0.15, -0.1) is 6.58 Å². The highest BCUT2D eigenvalue weighted by molar-refractivity contribution is 4.92. The van der Waals surface area contributed by atoms with Crippen molar-refractivity contribution in [2.24, 2.45) is 5.41 Å². The quantitative estimate of drug-likeness (QED) is 0.462. The van der Waals surface area contributed by atoms with Crippen LogP contribution in [0.4, 0.5) is 0 Å². The van der Waals surface area contributed by atoms with Gasteiger partial charge in [0.15, 0.2) is 0 Å². The summed E-state index contributed by atoms with van der Waals surface area (Å²) in [5.74, 6) is 0. The van der Waals surface area contributed by atoms with Gasteiger partial charge in [0.05, 0.1) is 0 Å². The van der Waals surface area contributed by atoms with Crippen molar-refractivity contribution in [1.29, 1.82) is 0 Å². The Morgan fingerprint density at radius 1 is 1.54 bits per heavy atom. The maximum Gasteiger partial charge on any atom is 0.0470 e. The van der Waals surface area contributed by atoms with Crippen molar-refractivity contribution in [2.75, 3.05) is 26.8 Å². The molecule has 2 nitrogen and oxygen atoms in total. The van der Waals surface area contributed by atoms with Crippen molar-refractivity contribution < 1.29 is 4.74 Å². The molecular formula is C11H23NO. The van der Waals surface area contributed by atoms with Crippen molar-refractivity contribution >= 4 is 0 Å². The zero-order valence-corrected chi connectivity index (χ0v) is 9.23. The maximum atomic E-state index is 5.07. The molecule has 0 amide bonds. The van der Waals surface area contributed by atoms with Crippen LogP contribution in [0.5, 0.6) is 0 Å². The molecule has 0 fully saturated rings. The van der Waals surface area contributed by atoms with Gasteiger partial charge in [-0.05, 0) is 24.8 Å². The summed E-state index contributed by atoms with van der Waals surface area (Å²) in [5.41, 5.74) is 0.172. The number of nitrogens with one attached hydrogen (secondary N) is 1. The minimum Gasteiger partial charge on any atom is -0.385 e. The Kier molecular flexibility index (Phi) is 6.92. The topological polar surface area (TPSA) is 21.3 Å². The molecule has 2 heteroatoms. The van der Waals surface area contributed by atoms with Crippen LogP contribution >= 0.6 is 0 Å². The molecule has 0 aliphatic heterocycles. The second-order valence-electron chi connectivity index (χ2n) is 3.78. The molecule has 0 saturated heterocycles. The second-order valence-corrected chi connectivity index (χ2v) is 3.78. The highest BCUT2D eigenvalue weighted by atomic mass is 16.5. The zero-order chi connectivity index (χ0) is 10.2. The summed E-state index contributed by atoms with van der Waals surface area (Å²) < 4.78 is 5.07. The van der Waals surface area contributed by atoms with Gasteiger partial charge in [0.2, 0.25) is 0 Å². The van der Waals surface area contributed by atoms with Crippen LogP contribution in [0, 0.1) is 5.41 Å². The van der Waals surface area contributed by atoms with Crippen molar-refractivity contribution in [3.63, 3.8) is 0 Å². The van der Waals surface area contributed by atoms with E-state index in [0.717, 1.165) is 26.1 Å². The molecule has 0 aliphatic rings. The van der Waals surface area contributed by atoms with Crippen LogP contribution in [0.1, 0.15) is 26.7 Å². The van der Waals surface area contributed by atoms with Gasteiger partial charge in [-0.1, -0.05) is 19.9 Å². The lowest BCUT2D eigenvalue weighted by atomic mass is 9.87. The molecule has 13 heavy (non-hydrogen) atoms. The molecule has 78 valence electrons. The van der Waals surface area contributed by atoms with Gasteiger partial charge in [0, 0.05) is 20.3 Å². The Labute approximate surface area is 82.4 Å². The average Bonchev–Trinajstić information content (AvgIpc) is 2.15. The van der Waals surface area contributed by atoms with Crippen LogP contribution < -0.4 is 5.32 Å². The molecule has 0 spiro atoms. The van der Waals surface area contributed by atoms with Crippen molar-refractivity contribution in [3.8, 4) is 0 Å². The molecule has 0 radical (unpaired) electrons. The fourth-order valence-corrected chi connectivity index (χ4v) is 1.15. The first kappa shape index (κ1) is 12.7. The number of hydrogen-bond donors (Lipinski definition) is 1. The molecule has 0 aromatic carbocycles. The van der Waals surface area contributed by atoms with Crippen molar-refractivity contribution in [1.82, 2.24) is 5.32 Å². The van der Waals surface area contributed by atoms with Crippen molar-refractivity contribution in [3.05, 3.63) is 12.7 Å². The van der Waals surface area contributed by atoms with Gasteiger partial charge >= 0.3 is 0 Å². The highest BCUT2D eigenvalue weighted by Gasteiger charge is 2.18. The minimum atomic E-state index is 0.172. The van der Waals surface area contributed by atoms with Crippen molar-refractivity contribution in [2.45, 2.75) is 26.7 Å². The molecule has 0 heterocycles. The first-order valence-electron chi connectivity index (χ1n) is 5.02. The lowest BCUT2D eigenvalue weighted by molar-refractivity contribution is 0.161. The van der Waals surface area contributed by atoms with Crippen LogP contribution in [-0.2, 0) is 4.74 Å². The van der Waals surface area contributed by atoms with E-state index in [1.807, 2.05) is 6.08 Å². The van der Waals surface area contributed by atoms with E-state index in [4.69, 9.17) is 4.74 Å². The Bertz CT molecular complexity index is 136. The third kappa shape index (κ3) is 5.83. The number of ether oxygens (including phenoxy) is 1. The summed E-state index contributed by atoms with van der Waals surface area (Å²) in [6, 6.07) is 0. The number of hydrogen-bond acceptors (Lipinski definition) is 2. The van der Waals surface area contributed by atoms with Crippen LogP contribution in [-0.4, -0.2) is 26.8 Å². The zero-order valence-electron chi connectivity index (χ0n) is 9.23. The van der Waals surface area contributed by atoms with E-state index < -0.39 is 0 Å². The monoisotopic (exact) mass is 185 g/mol. The third-order valence-corrected chi connectivity index (χ3v) is 2.33. The average molecular weight is 185 g/mol. The first-order valence-corrected chi connectivity index (χ1v) is 5.02. The molecule has 0 aliphatic carbocycles. The van der Waals surface area contributed by atoms with E-state index in [1.54, 1.807) is 7.11 Å². The standard InChI is InChI=1S/C11H23NO/c1-5-8-12-10-11(3,6-2)7-9-13-4/h6,12H,2,5,7-10H2,1,3-4H3. The van der Waals surface area contributed by atoms with Gasteiger partial charge in [0.1, 0.15) is 0 Å². The van der Waals surface area contributed by atoms with E-state index in [2.05, 4.69) is 25.7 Å². The molecule has 0 bridgehead atoms. The Hall–Kier alpha value is -0.340. The summed E-state index contributed by atoms with van der Waals surface area (Å²) >= 11 is 0. The third-order valence-electron chi connectivity index (χ3n) is 2.33. The predicted octanol–water partition coefficient (Wildman–Crippen LogP) is 2.21. The fourth-order valence-electron chi connectivity index (χ4n) is 1.15. The lowest BCUT2D eigenvalue weighted by Crippen LogP contribution is -2.31. The van der Waals surface area contributed by atoms with Gasteiger partial charge < -0.3 is 10.1 Å². The molecule has 0 aromatic rings. The molecule has 0 aromatic heterocycles. The Balaban J connectivity index is 3.74. The normalized spacial score (nSPS) is 15.3. The molecule has 1 unspecified atom stereocenters. The van der Waals surface area contributed by atoms with E-state index in [1.165, 1.54) is 6.42 Å². The van der Waals surface area contributed by atoms with Crippen LogP contribution in [0.25, 0.3) is 0 Å². The van der Waals surface area contributed by atoms with E-state index in [-0.39, 0.29) is 5.41 Å². The summed E-state index contributed by atoms with van der Waals surface area (Å²) in [4.78, 5) is 0. The predicted molar refractivity (Wildman–Crippen MR) is 58.0 cm³/mol. The minimum absolute atomic E-state index is 0.172. The first-order chi connectivity index (χ1) is 6.18. The summed E-state index contributed by atoms with van der Waals surface area (Å²) in [5, 5.41) is 3.41. The molecule has 1 N–H and O–H groups in total. The largest absolute Gasteiger partial charge is 0.385 e. The smallest absolute Gasteiger partial charge is 0.0470 e. The molecule has 0 saturated carbocycles. The number of methoxy groups -OCH3 is 1. The van der Waals surface area contributed by atoms with Crippen LogP contribution in [0.15, 0.2) is 12.7 Å². The summed E-state index contributed by atoms with van der Waals surface area (Å²) in [7, 11) is 1.74. The SMILES string of the molecule is C=CC(C)(CCOC)CNCCC. The van der Waals surface area contributed by atoms with Crippen LogP contribution in [0.2, 0.25) is 0 Å². The molecule has 0 rings (SSSR count). The van der Waals surface area contributed by atoms with Gasteiger partial charge in [-0.3, -0.25) is 0 Å². The van der Waals surface area contributed by atoms with Gasteiger partial charge in [0.25, 0.3) is 0 Å². The molecule has 1 atom stereocenters. The van der Waals surface area contributed by atoms with Gasteiger partial charge in [-0.25, -0.2) is 0 Å². The maximum absolute atomic E-state index is 5.07. The van der Waals surface area contributed by atoms with E-state index >= 15 is 0 Å². The fraction of sp³-hybridized carbons (Fsp3) is 0.818. The summed E-state index contributed by atoms with van der Waals surface area (Å²) in [6.45, 7) is 11.1. The van der Waals surface area contributed by atoms with Gasteiger partial charge in [-0.2, -0.15) is 0 Å². The highest BCUT2D eigenvalue weighted by Crippen LogP contribution is 2.21. The second kappa shape index (κ2) is 7.10. The van der Waals surface area contributed by atoms with Crippen LogP contribution in [0.3, 0.4) is 0 Å². The van der Waals surface area contributed by atoms with E-state index in [0.29, 0.717) is 0 Å². The lowest BCUT2D eigenvalue weighted by Gasteiger charge is -2.25. The molecular weight excluding hydrogens is 162 g/mol. The van der Waals surface area contributed by atoms with E-state index in [9.17, 15) is 0 Å². The number of rotatable bonds is 8. The Morgan fingerprint density at radius 3 is 2.69 bits per heavy atom. The summed E-state index contributed by atoms with van der Waals surface area (Å²) in [6.07, 6.45) is 4.23. The Morgan fingerprint density at radius 2 is 2.23 bits per heavy atom.